The van der Waals surface area contributed by atoms with Crippen LogP contribution in [-0.2, 0) is 0 Å². The highest BCUT2D eigenvalue weighted by Crippen LogP contribution is 2.20. The SMILES string of the molecule is CCNC(C)c1ccc(N2CCN(C)CC2C)cn1. The Bertz CT molecular complexity index is 390. The molecule has 1 saturated heterocycles. The molecule has 19 heavy (non-hydrogen) atoms. The normalized spacial score (nSPS) is 22.5. The summed E-state index contributed by atoms with van der Waals surface area (Å²) >= 11 is 0. The van der Waals surface area contributed by atoms with E-state index in [2.05, 4.69) is 60.1 Å². The quantitative estimate of drug-likeness (QED) is 0.898. The molecule has 1 N–H and O–H groups in total. The van der Waals surface area contributed by atoms with E-state index < -0.39 is 0 Å². The molecule has 1 aliphatic heterocycles. The predicted octanol–water partition coefficient (Wildman–Crippen LogP) is 1.89. The minimum Gasteiger partial charge on any atom is -0.365 e. The van der Waals surface area contributed by atoms with Crippen LogP contribution in [0.4, 0.5) is 5.69 Å². The van der Waals surface area contributed by atoms with E-state index in [0.717, 1.165) is 31.9 Å². The predicted molar refractivity (Wildman–Crippen MR) is 80.6 cm³/mol. The largest absolute Gasteiger partial charge is 0.365 e. The van der Waals surface area contributed by atoms with Crippen LogP contribution in [0.25, 0.3) is 0 Å². The highest BCUT2D eigenvalue weighted by molar-refractivity contribution is 5.46. The van der Waals surface area contributed by atoms with Crippen molar-refractivity contribution in [2.75, 3.05) is 38.1 Å². The van der Waals surface area contributed by atoms with Crippen molar-refractivity contribution in [2.45, 2.75) is 32.9 Å². The van der Waals surface area contributed by atoms with Gasteiger partial charge >= 0.3 is 0 Å². The number of aromatic nitrogens is 1. The summed E-state index contributed by atoms with van der Waals surface area (Å²) in [6.07, 6.45) is 2.02. The number of rotatable bonds is 4. The van der Waals surface area contributed by atoms with Crippen molar-refractivity contribution >= 4 is 5.69 Å². The Kier molecular flexibility index (Phi) is 4.77. The number of pyridine rings is 1. The number of hydrogen-bond donors (Lipinski definition) is 1. The molecule has 106 valence electrons. The van der Waals surface area contributed by atoms with Gasteiger partial charge in [0.25, 0.3) is 0 Å². The Hall–Kier alpha value is -1.13. The number of likely N-dealkylation sites (N-methyl/N-ethyl adjacent to an activating group) is 1. The highest BCUT2D eigenvalue weighted by Gasteiger charge is 2.21. The Balaban J connectivity index is 2.05. The number of nitrogens with one attached hydrogen (secondary N) is 1. The van der Waals surface area contributed by atoms with E-state index in [4.69, 9.17) is 0 Å². The molecule has 2 unspecified atom stereocenters. The monoisotopic (exact) mass is 262 g/mol. The molecule has 0 aliphatic carbocycles. The smallest absolute Gasteiger partial charge is 0.0572 e. The van der Waals surface area contributed by atoms with Crippen molar-refractivity contribution in [3.05, 3.63) is 24.0 Å². The van der Waals surface area contributed by atoms with Crippen LogP contribution in [0.15, 0.2) is 18.3 Å². The van der Waals surface area contributed by atoms with Gasteiger partial charge in [0, 0.05) is 31.7 Å². The molecule has 0 radical (unpaired) electrons. The van der Waals surface area contributed by atoms with Gasteiger partial charge in [0.2, 0.25) is 0 Å². The van der Waals surface area contributed by atoms with Crippen molar-refractivity contribution < 1.29 is 0 Å². The molecule has 4 nitrogen and oxygen atoms in total. The van der Waals surface area contributed by atoms with E-state index in [1.165, 1.54) is 5.69 Å². The van der Waals surface area contributed by atoms with Crippen molar-refractivity contribution in [3.8, 4) is 0 Å². The molecule has 2 rings (SSSR count). The summed E-state index contributed by atoms with van der Waals surface area (Å²) in [6, 6.07) is 5.23. The maximum Gasteiger partial charge on any atom is 0.0572 e. The lowest BCUT2D eigenvalue weighted by Crippen LogP contribution is -2.50. The Morgan fingerprint density at radius 3 is 2.79 bits per heavy atom. The van der Waals surface area contributed by atoms with Crippen LogP contribution in [0, 0.1) is 0 Å². The van der Waals surface area contributed by atoms with Crippen molar-refractivity contribution in [3.63, 3.8) is 0 Å². The van der Waals surface area contributed by atoms with E-state index in [0.29, 0.717) is 12.1 Å². The second-order valence-corrected chi connectivity index (χ2v) is 5.53. The average Bonchev–Trinajstić information content (AvgIpc) is 2.39. The van der Waals surface area contributed by atoms with E-state index in [1.54, 1.807) is 0 Å². The zero-order valence-electron chi connectivity index (χ0n) is 12.6. The summed E-state index contributed by atoms with van der Waals surface area (Å²) < 4.78 is 0. The fraction of sp³-hybridized carbons (Fsp3) is 0.667. The molecular formula is C15H26N4. The summed E-state index contributed by atoms with van der Waals surface area (Å²) in [4.78, 5) is 9.45. The zero-order chi connectivity index (χ0) is 13.8. The second kappa shape index (κ2) is 6.35. The highest BCUT2D eigenvalue weighted by atomic mass is 15.3. The molecule has 1 aromatic heterocycles. The molecule has 0 amide bonds. The van der Waals surface area contributed by atoms with Crippen LogP contribution in [0.5, 0.6) is 0 Å². The van der Waals surface area contributed by atoms with Crippen LogP contribution >= 0.6 is 0 Å². The molecule has 1 aromatic rings. The molecule has 0 aromatic carbocycles. The van der Waals surface area contributed by atoms with Crippen LogP contribution in [0.1, 0.15) is 32.5 Å². The van der Waals surface area contributed by atoms with Gasteiger partial charge in [-0.3, -0.25) is 4.98 Å². The number of anilines is 1. The minimum atomic E-state index is 0.323. The van der Waals surface area contributed by atoms with Crippen LogP contribution in [0.2, 0.25) is 0 Å². The van der Waals surface area contributed by atoms with Gasteiger partial charge in [-0.15, -0.1) is 0 Å². The average molecular weight is 262 g/mol. The standard InChI is InChI=1S/C15H26N4/c1-5-16-13(3)15-7-6-14(10-17-15)19-9-8-18(4)11-12(19)2/h6-7,10,12-13,16H,5,8-9,11H2,1-4H3. The molecule has 0 bridgehead atoms. The first kappa shape index (κ1) is 14.3. The van der Waals surface area contributed by atoms with E-state index in [-0.39, 0.29) is 0 Å². The van der Waals surface area contributed by atoms with Gasteiger partial charge in [0.15, 0.2) is 0 Å². The van der Waals surface area contributed by atoms with Gasteiger partial charge in [0.1, 0.15) is 0 Å². The molecule has 1 aliphatic rings. The maximum atomic E-state index is 4.61. The summed E-state index contributed by atoms with van der Waals surface area (Å²) in [7, 11) is 2.19. The lowest BCUT2D eigenvalue weighted by Gasteiger charge is -2.39. The molecule has 2 atom stereocenters. The number of piperazine rings is 1. The molecule has 0 saturated carbocycles. The molecular weight excluding hydrogens is 236 g/mol. The lowest BCUT2D eigenvalue weighted by molar-refractivity contribution is 0.275. The fourth-order valence-electron chi connectivity index (χ4n) is 2.76. The first-order chi connectivity index (χ1) is 9.11. The molecule has 1 fully saturated rings. The summed E-state index contributed by atoms with van der Waals surface area (Å²) in [5, 5.41) is 3.39. The van der Waals surface area contributed by atoms with Crippen molar-refractivity contribution in [1.82, 2.24) is 15.2 Å². The van der Waals surface area contributed by atoms with E-state index in [1.807, 2.05) is 6.20 Å². The summed E-state index contributed by atoms with van der Waals surface area (Å²) in [5.74, 6) is 0. The molecule has 2 heterocycles. The number of nitrogens with zero attached hydrogens (tertiary/aromatic N) is 3. The minimum absolute atomic E-state index is 0.323. The Labute approximate surface area is 116 Å². The Morgan fingerprint density at radius 2 is 2.21 bits per heavy atom. The van der Waals surface area contributed by atoms with Gasteiger partial charge in [-0.05, 0) is 39.6 Å². The lowest BCUT2D eigenvalue weighted by atomic mass is 10.1. The fourth-order valence-corrected chi connectivity index (χ4v) is 2.76. The maximum absolute atomic E-state index is 4.61. The Morgan fingerprint density at radius 1 is 1.42 bits per heavy atom. The van der Waals surface area contributed by atoms with Gasteiger partial charge in [-0.25, -0.2) is 0 Å². The topological polar surface area (TPSA) is 31.4 Å². The van der Waals surface area contributed by atoms with Crippen LogP contribution in [0.3, 0.4) is 0 Å². The van der Waals surface area contributed by atoms with Crippen LogP contribution in [-0.4, -0.2) is 49.2 Å². The molecule has 4 heteroatoms. The third kappa shape index (κ3) is 3.45. The first-order valence-electron chi connectivity index (χ1n) is 7.26. The van der Waals surface area contributed by atoms with Gasteiger partial charge < -0.3 is 15.1 Å². The van der Waals surface area contributed by atoms with Crippen molar-refractivity contribution in [1.29, 1.82) is 0 Å². The third-order valence-electron chi connectivity index (χ3n) is 3.89. The molecule has 0 spiro atoms. The van der Waals surface area contributed by atoms with Gasteiger partial charge in [-0.2, -0.15) is 0 Å². The second-order valence-electron chi connectivity index (χ2n) is 5.53. The summed E-state index contributed by atoms with van der Waals surface area (Å²) in [6.45, 7) is 10.9. The zero-order valence-corrected chi connectivity index (χ0v) is 12.6. The van der Waals surface area contributed by atoms with Crippen molar-refractivity contribution in [2.24, 2.45) is 0 Å². The summed E-state index contributed by atoms with van der Waals surface area (Å²) in [5.41, 5.74) is 2.36. The van der Waals surface area contributed by atoms with Gasteiger partial charge in [-0.1, -0.05) is 6.92 Å². The first-order valence-corrected chi connectivity index (χ1v) is 7.26. The van der Waals surface area contributed by atoms with Crippen LogP contribution < -0.4 is 10.2 Å². The van der Waals surface area contributed by atoms with Gasteiger partial charge in [0.05, 0.1) is 17.6 Å². The number of hydrogen-bond acceptors (Lipinski definition) is 4. The van der Waals surface area contributed by atoms with E-state index in [9.17, 15) is 0 Å². The third-order valence-corrected chi connectivity index (χ3v) is 3.89. The van der Waals surface area contributed by atoms with E-state index >= 15 is 0 Å².